The third-order valence-electron chi connectivity index (χ3n) is 2.70. The summed E-state index contributed by atoms with van der Waals surface area (Å²) in [5.74, 6) is 5.38. The van der Waals surface area contributed by atoms with Crippen molar-refractivity contribution in [3.05, 3.63) is 35.1 Å². The van der Waals surface area contributed by atoms with E-state index < -0.39 is 0 Å². The summed E-state index contributed by atoms with van der Waals surface area (Å²) in [6.45, 7) is 4.82. The van der Waals surface area contributed by atoms with E-state index in [-0.39, 0.29) is 12.4 Å². The smallest absolute Gasteiger partial charge is 0.124 e. The van der Waals surface area contributed by atoms with Gasteiger partial charge in [0.25, 0.3) is 0 Å². The van der Waals surface area contributed by atoms with E-state index in [4.69, 9.17) is 9.84 Å². The van der Waals surface area contributed by atoms with E-state index in [0.717, 1.165) is 12.1 Å². The van der Waals surface area contributed by atoms with Gasteiger partial charge in [-0.2, -0.15) is 0 Å². The molecule has 0 saturated heterocycles. The Labute approximate surface area is 120 Å². The summed E-state index contributed by atoms with van der Waals surface area (Å²) in [6, 6.07) is 4.81. The second-order valence-corrected chi connectivity index (χ2v) is 4.56. The van der Waals surface area contributed by atoms with E-state index in [2.05, 4.69) is 16.7 Å². The fraction of sp³-hybridized carbons (Fsp3) is 0.500. The molecule has 0 saturated carbocycles. The summed E-state index contributed by atoms with van der Waals surface area (Å²) in [5, 5.41) is 8.68. The molecule has 0 amide bonds. The van der Waals surface area contributed by atoms with Crippen LogP contribution in [0.1, 0.15) is 24.5 Å². The summed E-state index contributed by atoms with van der Waals surface area (Å²) in [7, 11) is 1.97. The standard InChI is InChI=1S/C16H22FNO2/c1-3-20-9-7-18(2)13-15-10-14(6-4-5-8-19)11-16(17)12-15/h10-12,19H,3,5,7-9,13H2,1-2H3. The van der Waals surface area contributed by atoms with Crippen molar-refractivity contribution in [2.24, 2.45) is 0 Å². The van der Waals surface area contributed by atoms with E-state index in [9.17, 15) is 4.39 Å². The number of aliphatic hydroxyl groups excluding tert-OH is 1. The zero-order valence-electron chi connectivity index (χ0n) is 12.2. The highest BCUT2D eigenvalue weighted by molar-refractivity contribution is 5.37. The van der Waals surface area contributed by atoms with Crippen molar-refractivity contribution in [1.29, 1.82) is 0 Å². The minimum atomic E-state index is -0.283. The quantitative estimate of drug-likeness (QED) is 0.612. The van der Waals surface area contributed by atoms with Crippen LogP contribution in [-0.2, 0) is 11.3 Å². The predicted octanol–water partition coefficient (Wildman–Crippen LogP) is 2.03. The van der Waals surface area contributed by atoms with Gasteiger partial charge in [-0.1, -0.05) is 11.8 Å². The van der Waals surface area contributed by atoms with Crippen molar-refractivity contribution < 1.29 is 14.2 Å². The van der Waals surface area contributed by atoms with Gasteiger partial charge in [-0.05, 0) is 37.7 Å². The Morgan fingerprint density at radius 3 is 2.85 bits per heavy atom. The Balaban J connectivity index is 2.63. The number of benzene rings is 1. The zero-order valence-corrected chi connectivity index (χ0v) is 12.2. The maximum atomic E-state index is 13.5. The van der Waals surface area contributed by atoms with Gasteiger partial charge in [-0.3, -0.25) is 4.90 Å². The molecule has 0 aliphatic heterocycles. The summed E-state index contributed by atoms with van der Waals surface area (Å²) >= 11 is 0. The average molecular weight is 279 g/mol. The molecule has 20 heavy (non-hydrogen) atoms. The van der Waals surface area contributed by atoms with Gasteiger partial charge in [0, 0.05) is 31.7 Å². The molecule has 0 aliphatic carbocycles. The van der Waals surface area contributed by atoms with Crippen LogP contribution < -0.4 is 0 Å². The minimum absolute atomic E-state index is 0.0232. The number of nitrogens with zero attached hydrogens (tertiary/aromatic N) is 1. The zero-order chi connectivity index (χ0) is 14.8. The molecule has 0 aromatic heterocycles. The summed E-state index contributed by atoms with van der Waals surface area (Å²) in [4.78, 5) is 2.08. The van der Waals surface area contributed by atoms with Gasteiger partial charge in [-0.25, -0.2) is 4.39 Å². The number of rotatable bonds is 7. The molecule has 0 radical (unpaired) electrons. The molecule has 4 heteroatoms. The van der Waals surface area contributed by atoms with Crippen molar-refractivity contribution in [2.45, 2.75) is 19.9 Å². The van der Waals surface area contributed by atoms with E-state index in [0.29, 0.717) is 31.7 Å². The first-order valence-corrected chi connectivity index (χ1v) is 6.81. The van der Waals surface area contributed by atoms with Crippen molar-refractivity contribution in [2.75, 3.05) is 33.4 Å². The Hall–Kier alpha value is -1.41. The van der Waals surface area contributed by atoms with Gasteiger partial charge in [0.2, 0.25) is 0 Å². The number of hydrogen-bond donors (Lipinski definition) is 1. The highest BCUT2D eigenvalue weighted by Gasteiger charge is 2.03. The largest absolute Gasteiger partial charge is 0.395 e. The molecule has 1 rings (SSSR count). The second kappa shape index (κ2) is 9.49. The molecule has 0 spiro atoms. The lowest BCUT2D eigenvalue weighted by molar-refractivity contribution is 0.120. The van der Waals surface area contributed by atoms with Gasteiger partial charge in [-0.15, -0.1) is 0 Å². The van der Waals surface area contributed by atoms with Crippen LogP contribution in [0.5, 0.6) is 0 Å². The number of ether oxygens (including phenoxy) is 1. The van der Waals surface area contributed by atoms with E-state index >= 15 is 0 Å². The van der Waals surface area contributed by atoms with Crippen LogP contribution in [0.3, 0.4) is 0 Å². The lowest BCUT2D eigenvalue weighted by atomic mass is 10.1. The number of hydrogen-bond acceptors (Lipinski definition) is 3. The molecular weight excluding hydrogens is 257 g/mol. The highest BCUT2D eigenvalue weighted by atomic mass is 19.1. The minimum Gasteiger partial charge on any atom is -0.395 e. The Morgan fingerprint density at radius 2 is 2.15 bits per heavy atom. The summed E-state index contributed by atoms with van der Waals surface area (Å²) in [6.07, 6.45) is 0.403. The SMILES string of the molecule is CCOCCN(C)Cc1cc(F)cc(C#CCCO)c1. The molecule has 110 valence electrons. The van der Waals surface area contributed by atoms with E-state index in [1.165, 1.54) is 12.1 Å². The third-order valence-corrected chi connectivity index (χ3v) is 2.70. The van der Waals surface area contributed by atoms with Crippen LogP contribution in [0.15, 0.2) is 18.2 Å². The fourth-order valence-electron chi connectivity index (χ4n) is 1.79. The maximum absolute atomic E-state index is 13.5. The Kier molecular flexibility index (Phi) is 7.89. The van der Waals surface area contributed by atoms with Crippen molar-refractivity contribution in [3.8, 4) is 11.8 Å². The molecule has 0 bridgehead atoms. The van der Waals surface area contributed by atoms with Crippen molar-refractivity contribution in [3.63, 3.8) is 0 Å². The first-order chi connectivity index (χ1) is 9.65. The van der Waals surface area contributed by atoms with Crippen LogP contribution >= 0.6 is 0 Å². The summed E-state index contributed by atoms with van der Waals surface area (Å²) < 4.78 is 18.8. The van der Waals surface area contributed by atoms with Crippen molar-refractivity contribution >= 4 is 0 Å². The highest BCUT2D eigenvalue weighted by Crippen LogP contribution is 2.10. The van der Waals surface area contributed by atoms with Crippen molar-refractivity contribution in [1.82, 2.24) is 4.90 Å². The molecule has 0 atom stereocenters. The third kappa shape index (κ3) is 6.67. The molecule has 1 aromatic carbocycles. The number of likely N-dealkylation sites (N-methyl/N-ethyl adjacent to an activating group) is 1. The van der Waals surface area contributed by atoms with Crippen LogP contribution in [0.4, 0.5) is 4.39 Å². The van der Waals surface area contributed by atoms with Gasteiger partial charge in [0.05, 0.1) is 13.2 Å². The topological polar surface area (TPSA) is 32.7 Å². The first kappa shape index (κ1) is 16.6. The van der Waals surface area contributed by atoms with Gasteiger partial charge >= 0.3 is 0 Å². The molecule has 0 unspecified atom stereocenters. The lowest BCUT2D eigenvalue weighted by Gasteiger charge is -2.16. The molecule has 0 heterocycles. The Morgan fingerprint density at radius 1 is 1.35 bits per heavy atom. The van der Waals surface area contributed by atoms with E-state index in [1.54, 1.807) is 0 Å². The maximum Gasteiger partial charge on any atom is 0.124 e. The van der Waals surface area contributed by atoms with Gasteiger partial charge in [0.1, 0.15) is 5.82 Å². The monoisotopic (exact) mass is 279 g/mol. The van der Waals surface area contributed by atoms with E-state index in [1.807, 2.05) is 20.0 Å². The van der Waals surface area contributed by atoms with Gasteiger partial charge < -0.3 is 9.84 Å². The molecule has 1 aromatic rings. The number of halogens is 1. The molecule has 0 fully saturated rings. The fourth-order valence-corrected chi connectivity index (χ4v) is 1.79. The molecule has 0 aliphatic rings. The molecule has 1 N–H and O–H groups in total. The number of aliphatic hydroxyl groups is 1. The summed E-state index contributed by atoms with van der Waals surface area (Å²) in [5.41, 5.74) is 1.53. The first-order valence-electron chi connectivity index (χ1n) is 6.81. The predicted molar refractivity (Wildman–Crippen MR) is 77.8 cm³/mol. The second-order valence-electron chi connectivity index (χ2n) is 4.56. The van der Waals surface area contributed by atoms with Crippen LogP contribution in [0.25, 0.3) is 0 Å². The average Bonchev–Trinajstić information content (AvgIpc) is 2.38. The normalized spacial score (nSPS) is 10.4. The van der Waals surface area contributed by atoms with Crippen LogP contribution in [0.2, 0.25) is 0 Å². The molecular formula is C16H22FNO2. The van der Waals surface area contributed by atoms with Crippen LogP contribution in [-0.4, -0.2) is 43.4 Å². The Bertz CT molecular complexity index is 465. The van der Waals surface area contributed by atoms with Crippen LogP contribution in [0, 0.1) is 17.7 Å². The lowest BCUT2D eigenvalue weighted by Crippen LogP contribution is -2.22. The van der Waals surface area contributed by atoms with Gasteiger partial charge in [0.15, 0.2) is 0 Å². The molecule has 3 nitrogen and oxygen atoms in total.